The minimum atomic E-state index is -0.454. The molecule has 2 aromatic carbocycles. The van der Waals surface area contributed by atoms with Crippen LogP contribution in [0.3, 0.4) is 0 Å². The van der Waals surface area contributed by atoms with E-state index in [1.807, 2.05) is 50.2 Å². The van der Waals surface area contributed by atoms with Crippen LogP contribution in [0.25, 0.3) is 0 Å². The summed E-state index contributed by atoms with van der Waals surface area (Å²) in [6, 6.07) is 13.4. The smallest absolute Gasteiger partial charge is 0.338 e. The fraction of sp³-hybridized carbons (Fsp3) is 0.263. The largest absolute Gasteiger partial charge is 0.452 e. The molecule has 0 fully saturated rings. The Bertz CT molecular complexity index is 788. The summed E-state index contributed by atoms with van der Waals surface area (Å²) in [6.45, 7) is 4.16. The van der Waals surface area contributed by atoms with Gasteiger partial charge in [-0.25, -0.2) is 4.79 Å². The van der Waals surface area contributed by atoms with Crippen LogP contribution in [0.15, 0.2) is 47.4 Å². The van der Waals surface area contributed by atoms with Crippen LogP contribution in [0.4, 0.5) is 5.69 Å². The highest BCUT2D eigenvalue weighted by Crippen LogP contribution is 2.34. The maximum Gasteiger partial charge on any atom is 0.338 e. The van der Waals surface area contributed by atoms with Crippen molar-refractivity contribution in [2.45, 2.75) is 18.7 Å². The van der Waals surface area contributed by atoms with E-state index < -0.39 is 5.97 Å². The van der Waals surface area contributed by atoms with Crippen LogP contribution in [-0.2, 0) is 9.53 Å². The Hall–Kier alpha value is -2.27. The Balaban J connectivity index is 1.68. The minimum Gasteiger partial charge on any atom is -0.452 e. The first kappa shape index (κ1) is 16.6. The van der Waals surface area contributed by atoms with Gasteiger partial charge in [-0.05, 0) is 37.6 Å². The van der Waals surface area contributed by atoms with Gasteiger partial charge >= 0.3 is 5.97 Å². The predicted octanol–water partition coefficient (Wildman–Crippen LogP) is 3.60. The first-order valence-corrected chi connectivity index (χ1v) is 8.81. The van der Waals surface area contributed by atoms with Crippen molar-refractivity contribution >= 4 is 29.3 Å². The minimum absolute atomic E-state index is 0.193. The van der Waals surface area contributed by atoms with E-state index in [0.717, 1.165) is 27.5 Å². The van der Waals surface area contributed by atoms with Crippen molar-refractivity contribution in [1.82, 2.24) is 0 Å². The average Bonchev–Trinajstić information content (AvgIpc) is 2.61. The van der Waals surface area contributed by atoms with Crippen LogP contribution in [0.5, 0.6) is 0 Å². The van der Waals surface area contributed by atoms with Crippen molar-refractivity contribution in [3.05, 3.63) is 59.2 Å². The van der Waals surface area contributed by atoms with Crippen molar-refractivity contribution in [3.8, 4) is 0 Å². The van der Waals surface area contributed by atoms with E-state index in [2.05, 4.69) is 0 Å². The first-order chi connectivity index (χ1) is 11.6. The lowest BCUT2D eigenvalue weighted by molar-refractivity contribution is -0.121. The molecule has 1 heterocycles. The van der Waals surface area contributed by atoms with Gasteiger partial charge in [0.2, 0.25) is 0 Å². The van der Waals surface area contributed by atoms with Crippen molar-refractivity contribution < 1.29 is 14.3 Å². The Morgan fingerprint density at radius 2 is 1.96 bits per heavy atom. The molecule has 0 radical (unpaired) electrons. The molecule has 0 aliphatic carbocycles. The molecule has 124 valence electrons. The van der Waals surface area contributed by atoms with E-state index in [1.54, 1.807) is 22.7 Å². The lowest BCUT2D eigenvalue weighted by Crippen LogP contribution is -2.38. The third-order valence-electron chi connectivity index (χ3n) is 3.97. The zero-order valence-corrected chi connectivity index (χ0v) is 14.6. The Morgan fingerprint density at radius 3 is 2.79 bits per heavy atom. The zero-order valence-electron chi connectivity index (χ0n) is 13.7. The summed E-state index contributed by atoms with van der Waals surface area (Å²) >= 11 is 1.73. The molecular weight excluding hydrogens is 322 g/mol. The van der Waals surface area contributed by atoms with Gasteiger partial charge in [-0.1, -0.05) is 29.8 Å². The maximum absolute atomic E-state index is 12.5. The van der Waals surface area contributed by atoms with Crippen LogP contribution < -0.4 is 4.90 Å². The van der Waals surface area contributed by atoms with Gasteiger partial charge in [0.15, 0.2) is 6.61 Å². The van der Waals surface area contributed by atoms with Gasteiger partial charge < -0.3 is 9.64 Å². The number of hydrogen-bond donors (Lipinski definition) is 0. The second-order valence-corrected chi connectivity index (χ2v) is 6.89. The molecule has 1 aliphatic heterocycles. The number of carbonyl (C=O) groups is 2. The standard InChI is InChI=1S/C19H19NO3S/c1-13-7-8-14(2)15(11-13)19(22)23-12-18(21)20-9-10-24-17-6-4-3-5-16(17)20/h3-8,11H,9-10,12H2,1-2H3. The molecule has 0 spiro atoms. The SMILES string of the molecule is Cc1ccc(C)c(C(=O)OCC(=O)N2CCSc3ccccc32)c1. The highest BCUT2D eigenvalue weighted by molar-refractivity contribution is 7.99. The van der Waals surface area contributed by atoms with E-state index in [0.29, 0.717) is 12.1 Å². The molecule has 2 aromatic rings. The van der Waals surface area contributed by atoms with Gasteiger partial charge in [0.25, 0.3) is 5.91 Å². The number of ether oxygens (including phenoxy) is 1. The maximum atomic E-state index is 12.5. The number of thioether (sulfide) groups is 1. The lowest BCUT2D eigenvalue weighted by Gasteiger charge is -2.28. The molecule has 5 heteroatoms. The van der Waals surface area contributed by atoms with Crippen molar-refractivity contribution in [3.63, 3.8) is 0 Å². The summed E-state index contributed by atoms with van der Waals surface area (Å²) in [5, 5.41) is 0. The number of para-hydroxylation sites is 1. The fourth-order valence-electron chi connectivity index (χ4n) is 2.67. The van der Waals surface area contributed by atoms with Gasteiger partial charge in [-0.15, -0.1) is 11.8 Å². The Morgan fingerprint density at radius 1 is 1.17 bits per heavy atom. The Kier molecular flexibility index (Phi) is 4.90. The fourth-order valence-corrected chi connectivity index (χ4v) is 3.66. The normalized spacial score (nSPS) is 13.3. The predicted molar refractivity (Wildman–Crippen MR) is 95.7 cm³/mol. The Labute approximate surface area is 145 Å². The van der Waals surface area contributed by atoms with Crippen LogP contribution in [-0.4, -0.2) is 30.8 Å². The van der Waals surface area contributed by atoms with Gasteiger partial charge in [-0.2, -0.15) is 0 Å². The molecule has 24 heavy (non-hydrogen) atoms. The van der Waals surface area contributed by atoms with Crippen LogP contribution in [0.2, 0.25) is 0 Å². The molecule has 0 saturated carbocycles. The van der Waals surface area contributed by atoms with Crippen LogP contribution in [0, 0.1) is 13.8 Å². The van der Waals surface area contributed by atoms with Crippen LogP contribution >= 0.6 is 11.8 Å². The number of esters is 1. The summed E-state index contributed by atoms with van der Waals surface area (Å²) in [5.74, 6) is 0.193. The molecule has 3 rings (SSSR count). The average molecular weight is 341 g/mol. The number of anilines is 1. The topological polar surface area (TPSA) is 46.6 Å². The van der Waals surface area contributed by atoms with Crippen molar-refractivity contribution in [1.29, 1.82) is 0 Å². The van der Waals surface area contributed by atoms with Gasteiger partial charge in [0.1, 0.15) is 0 Å². The van der Waals surface area contributed by atoms with Gasteiger partial charge in [-0.3, -0.25) is 4.79 Å². The quantitative estimate of drug-likeness (QED) is 0.800. The number of carbonyl (C=O) groups excluding carboxylic acids is 2. The summed E-state index contributed by atoms with van der Waals surface area (Å²) in [4.78, 5) is 27.5. The zero-order chi connectivity index (χ0) is 17.1. The molecule has 0 saturated heterocycles. The summed E-state index contributed by atoms with van der Waals surface area (Å²) in [5.41, 5.74) is 3.23. The molecular formula is C19H19NO3S. The molecule has 0 aromatic heterocycles. The number of hydrogen-bond acceptors (Lipinski definition) is 4. The summed E-state index contributed by atoms with van der Waals surface area (Å²) in [6.07, 6.45) is 0. The highest BCUT2D eigenvalue weighted by atomic mass is 32.2. The molecule has 0 unspecified atom stereocenters. The highest BCUT2D eigenvalue weighted by Gasteiger charge is 2.24. The number of nitrogens with zero attached hydrogens (tertiary/aromatic N) is 1. The van der Waals surface area contributed by atoms with Gasteiger partial charge in [0, 0.05) is 17.2 Å². The monoisotopic (exact) mass is 341 g/mol. The number of aryl methyl sites for hydroxylation is 2. The lowest BCUT2D eigenvalue weighted by atomic mass is 10.1. The van der Waals surface area contributed by atoms with E-state index in [4.69, 9.17) is 4.74 Å². The van der Waals surface area contributed by atoms with Crippen LogP contribution in [0.1, 0.15) is 21.5 Å². The third-order valence-corrected chi connectivity index (χ3v) is 5.01. The molecule has 4 nitrogen and oxygen atoms in total. The van der Waals surface area contributed by atoms with E-state index in [9.17, 15) is 9.59 Å². The van der Waals surface area contributed by atoms with Crippen molar-refractivity contribution in [2.24, 2.45) is 0 Å². The second kappa shape index (κ2) is 7.09. The van der Waals surface area contributed by atoms with Gasteiger partial charge in [0.05, 0.1) is 11.3 Å². The third kappa shape index (κ3) is 3.46. The molecule has 1 amide bonds. The summed E-state index contributed by atoms with van der Waals surface area (Å²) in [7, 11) is 0. The van der Waals surface area contributed by atoms with E-state index in [-0.39, 0.29) is 12.5 Å². The van der Waals surface area contributed by atoms with E-state index >= 15 is 0 Å². The number of rotatable bonds is 3. The molecule has 0 N–H and O–H groups in total. The molecule has 0 atom stereocenters. The summed E-state index contributed by atoms with van der Waals surface area (Å²) < 4.78 is 5.26. The molecule has 0 bridgehead atoms. The van der Waals surface area contributed by atoms with Crippen molar-refractivity contribution in [2.75, 3.05) is 23.8 Å². The number of fused-ring (bicyclic) bond motifs is 1. The van der Waals surface area contributed by atoms with E-state index in [1.165, 1.54) is 0 Å². The number of amides is 1. The molecule has 1 aliphatic rings. The first-order valence-electron chi connectivity index (χ1n) is 7.83. The second-order valence-electron chi connectivity index (χ2n) is 5.76. The number of benzene rings is 2.